The molecule has 0 radical (unpaired) electrons. The van der Waals surface area contributed by atoms with Crippen LogP contribution >= 0.6 is 0 Å². The van der Waals surface area contributed by atoms with E-state index in [9.17, 15) is 0 Å². The van der Waals surface area contributed by atoms with Gasteiger partial charge < -0.3 is 14.6 Å². The van der Waals surface area contributed by atoms with Crippen LogP contribution in [-0.2, 0) is 0 Å². The molecule has 8 nitrogen and oxygen atoms in total. The highest BCUT2D eigenvalue weighted by Crippen LogP contribution is 2.34. The van der Waals surface area contributed by atoms with Gasteiger partial charge in [0.1, 0.15) is 29.5 Å². The summed E-state index contributed by atoms with van der Waals surface area (Å²) < 4.78 is 10.8. The van der Waals surface area contributed by atoms with Crippen LogP contribution in [0.5, 0.6) is 5.75 Å². The zero-order valence-electron chi connectivity index (χ0n) is 16.1. The van der Waals surface area contributed by atoms with Crippen LogP contribution in [-0.4, -0.2) is 32.2 Å². The summed E-state index contributed by atoms with van der Waals surface area (Å²) in [5, 5.41) is 7.99. The molecule has 1 unspecified atom stereocenters. The largest absolute Gasteiger partial charge is 0.494 e. The maximum absolute atomic E-state index is 5.57. The summed E-state index contributed by atoms with van der Waals surface area (Å²) >= 11 is 0. The molecule has 1 atom stereocenters. The number of hydrogen-bond donors (Lipinski definition) is 1. The summed E-state index contributed by atoms with van der Waals surface area (Å²) in [6, 6.07) is 7.73. The Morgan fingerprint density at radius 3 is 2.64 bits per heavy atom. The molecule has 0 saturated carbocycles. The summed E-state index contributed by atoms with van der Waals surface area (Å²) in [6.07, 6.45) is 3.34. The number of anilines is 1. The molecular formula is C20H20N6O2. The molecule has 3 aromatic heterocycles. The summed E-state index contributed by atoms with van der Waals surface area (Å²) in [5.74, 6) is 2.39. The number of ether oxygens (including phenoxy) is 1. The van der Waals surface area contributed by atoms with Crippen molar-refractivity contribution in [3.63, 3.8) is 0 Å². The number of aryl methyl sites for hydroxylation is 2. The average molecular weight is 376 g/mol. The SMILES string of the molecule is COc1cc(-c2ccc(C)cn2)cc2c(NC(C)c3nc(C)no3)ncnc12. The second kappa shape index (κ2) is 7.22. The van der Waals surface area contributed by atoms with Crippen molar-refractivity contribution < 1.29 is 9.26 Å². The summed E-state index contributed by atoms with van der Waals surface area (Å²) in [6.45, 7) is 5.73. The van der Waals surface area contributed by atoms with Gasteiger partial charge in [0.15, 0.2) is 5.82 Å². The standard InChI is InChI=1S/C20H20N6O2/c1-11-5-6-16(21-9-11)14-7-15-18(17(8-14)27-4)22-10-23-19(15)24-12(2)20-25-13(3)26-28-20/h5-10,12H,1-4H3,(H,22,23,24). The molecule has 4 rings (SSSR count). The maximum Gasteiger partial charge on any atom is 0.248 e. The van der Waals surface area contributed by atoms with Crippen molar-refractivity contribution in [2.45, 2.75) is 26.8 Å². The monoisotopic (exact) mass is 376 g/mol. The zero-order chi connectivity index (χ0) is 19.7. The third kappa shape index (κ3) is 3.36. The van der Waals surface area contributed by atoms with Crippen LogP contribution < -0.4 is 10.1 Å². The second-order valence-electron chi connectivity index (χ2n) is 6.56. The van der Waals surface area contributed by atoms with Gasteiger partial charge in [-0.3, -0.25) is 4.98 Å². The molecule has 8 heteroatoms. The minimum atomic E-state index is -0.216. The van der Waals surface area contributed by atoms with Gasteiger partial charge >= 0.3 is 0 Å². The first-order valence-electron chi connectivity index (χ1n) is 8.87. The van der Waals surface area contributed by atoms with Crippen LogP contribution in [0.3, 0.4) is 0 Å². The molecule has 1 N–H and O–H groups in total. The first-order chi connectivity index (χ1) is 13.5. The van der Waals surface area contributed by atoms with Crippen molar-refractivity contribution in [3.05, 3.63) is 54.1 Å². The molecule has 0 amide bonds. The highest BCUT2D eigenvalue weighted by Gasteiger charge is 2.17. The molecule has 0 aliphatic rings. The molecule has 0 aliphatic carbocycles. The van der Waals surface area contributed by atoms with E-state index in [1.807, 2.05) is 44.3 Å². The lowest BCUT2D eigenvalue weighted by atomic mass is 10.1. The van der Waals surface area contributed by atoms with Crippen molar-refractivity contribution in [1.29, 1.82) is 0 Å². The Morgan fingerprint density at radius 1 is 1.11 bits per heavy atom. The van der Waals surface area contributed by atoms with E-state index in [-0.39, 0.29) is 6.04 Å². The predicted octanol–water partition coefficient (Wildman–Crippen LogP) is 3.87. The van der Waals surface area contributed by atoms with Crippen molar-refractivity contribution in [2.75, 3.05) is 12.4 Å². The predicted molar refractivity (Wildman–Crippen MR) is 105 cm³/mol. The third-order valence-electron chi connectivity index (χ3n) is 4.40. The van der Waals surface area contributed by atoms with E-state index in [2.05, 4.69) is 30.4 Å². The van der Waals surface area contributed by atoms with Crippen LogP contribution in [0.15, 0.2) is 41.3 Å². The molecule has 28 heavy (non-hydrogen) atoms. The van der Waals surface area contributed by atoms with E-state index in [1.165, 1.54) is 6.33 Å². The van der Waals surface area contributed by atoms with Gasteiger partial charge in [0.25, 0.3) is 0 Å². The Hall–Kier alpha value is -3.55. The highest BCUT2D eigenvalue weighted by molar-refractivity contribution is 5.96. The van der Waals surface area contributed by atoms with Gasteiger partial charge in [0.2, 0.25) is 5.89 Å². The molecule has 0 saturated heterocycles. The van der Waals surface area contributed by atoms with Gasteiger partial charge in [0, 0.05) is 17.1 Å². The molecule has 0 bridgehead atoms. The number of nitrogens with zero attached hydrogens (tertiary/aromatic N) is 5. The Balaban J connectivity index is 1.80. The van der Waals surface area contributed by atoms with E-state index >= 15 is 0 Å². The van der Waals surface area contributed by atoms with Gasteiger partial charge in [-0.05, 0) is 44.5 Å². The molecule has 4 aromatic rings. The third-order valence-corrected chi connectivity index (χ3v) is 4.40. The van der Waals surface area contributed by atoms with Gasteiger partial charge in [-0.25, -0.2) is 9.97 Å². The number of benzene rings is 1. The van der Waals surface area contributed by atoms with Crippen LogP contribution in [0.25, 0.3) is 22.2 Å². The van der Waals surface area contributed by atoms with Crippen LogP contribution in [0, 0.1) is 13.8 Å². The Labute approximate surface area is 162 Å². The van der Waals surface area contributed by atoms with E-state index in [1.54, 1.807) is 14.0 Å². The zero-order valence-corrected chi connectivity index (χ0v) is 16.1. The van der Waals surface area contributed by atoms with Gasteiger partial charge in [-0.15, -0.1) is 0 Å². The number of rotatable bonds is 5. The van der Waals surface area contributed by atoms with Crippen molar-refractivity contribution in [3.8, 4) is 17.0 Å². The van der Waals surface area contributed by atoms with Crippen LogP contribution in [0.1, 0.15) is 30.2 Å². The number of methoxy groups -OCH3 is 1. The van der Waals surface area contributed by atoms with Gasteiger partial charge in [-0.1, -0.05) is 11.2 Å². The van der Waals surface area contributed by atoms with Crippen molar-refractivity contribution in [1.82, 2.24) is 25.1 Å². The maximum atomic E-state index is 5.57. The molecule has 3 heterocycles. The van der Waals surface area contributed by atoms with Crippen LogP contribution in [0.2, 0.25) is 0 Å². The summed E-state index contributed by atoms with van der Waals surface area (Å²) in [5.41, 5.74) is 3.58. The van der Waals surface area contributed by atoms with Gasteiger partial charge in [-0.2, -0.15) is 4.98 Å². The smallest absolute Gasteiger partial charge is 0.248 e. The minimum absolute atomic E-state index is 0.216. The topological polar surface area (TPSA) is 98.8 Å². The number of nitrogens with one attached hydrogen (secondary N) is 1. The van der Waals surface area contributed by atoms with Crippen molar-refractivity contribution in [2.24, 2.45) is 0 Å². The summed E-state index contributed by atoms with van der Waals surface area (Å²) in [4.78, 5) is 17.6. The van der Waals surface area contributed by atoms with E-state index in [0.29, 0.717) is 28.8 Å². The number of hydrogen-bond acceptors (Lipinski definition) is 8. The minimum Gasteiger partial charge on any atom is -0.494 e. The van der Waals surface area contributed by atoms with E-state index in [4.69, 9.17) is 9.26 Å². The van der Waals surface area contributed by atoms with Gasteiger partial charge in [0.05, 0.1) is 12.8 Å². The Kier molecular flexibility index (Phi) is 4.60. The quantitative estimate of drug-likeness (QED) is 0.560. The van der Waals surface area contributed by atoms with E-state index < -0.39 is 0 Å². The average Bonchev–Trinajstić information content (AvgIpc) is 3.14. The molecule has 142 valence electrons. The fourth-order valence-electron chi connectivity index (χ4n) is 2.95. The molecule has 1 aromatic carbocycles. The number of aromatic nitrogens is 5. The van der Waals surface area contributed by atoms with E-state index in [0.717, 1.165) is 22.2 Å². The fraction of sp³-hybridized carbons (Fsp3) is 0.250. The lowest BCUT2D eigenvalue weighted by molar-refractivity contribution is 0.364. The molecule has 0 spiro atoms. The normalized spacial score (nSPS) is 12.1. The lowest BCUT2D eigenvalue weighted by Crippen LogP contribution is -2.09. The highest BCUT2D eigenvalue weighted by atomic mass is 16.5. The molecular weight excluding hydrogens is 356 g/mol. The van der Waals surface area contributed by atoms with Crippen molar-refractivity contribution >= 4 is 16.7 Å². The number of fused-ring (bicyclic) bond motifs is 1. The first-order valence-corrected chi connectivity index (χ1v) is 8.87. The fourth-order valence-corrected chi connectivity index (χ4v) is 2.95. The first kappa shape index (κ1) is 17.8. The summed E-state index contributed by atoms with van der Waals surface area (Å²) in [7, 11) is 1.63. The number of pyridine rings is 1. The lowest BCUT2D eigenvalue weighted by Gasteiger charge is -2.14. The second-order valence-corrected chi connectivity index (χ2v) is 6.56. The Morgan fingerprint density at radius 2 is 1.96 bits per heavy atom. The Bertz CT molecular complexity index is 1120. The molecule has 0 aliphatic heterocycles. The molecule has 0 fully saturated rings. The van der Waals surface area contributed by atoms with Crippen LogP contribution in [0.4, 0.5) is 5.82 Å².